The highest BCUT2D eigenvalue weighted by Crippen LogP contribution is 2.29. The van der Waals surface area contributed by atoms with E-state index in [4.69, 9.17) is 0 Å². The molecule has 0 aliphatic rings. The number of anilines is 2. The maximum absolute atomic E-state index is 11.9. The number of rotatable bonds is 8. The van der Waals surface area contributed by atoms with Crippen molar-refractivity contribution in [3.63, 3.8) is 0 Å². The van der Waals surface area contributed by atoms with Crippen LogP contribution in [0, 0.1) is 0 Å². The van der Waals surface area contributed by atoms with Crippen molar-refractivity contribution in [3.05, 3.63) is 72.3 Å². The highest BCUT2D eigenvalue weighted by Gasteiger charge is 2.15. The average molecular weight is 338 g/mol. The quantitative estimate of drug-likeness (QED) is 0.441. The summed E-state index contributed by atoms with van der Waals surface area (Å²) in [5.41, 5.74) is 2.77. The minimum absolute atomic E-state index is 0.245. The van der Waals surface area contributed by atoms with Gasteiger partial charge in [0.2, 0.25) is 5.91 Å². The van der Waals surface area contributed by atoms with Crippen molar-refractivity contribution in [2.45, 2.75) is 12.5 Å². The van der Waals surface area contributed by atoms with Gasteiger partial charge in [-0.05, 0) is 35.4 Å². The molecule has 0 saturated carbocycles. The lowest BCUT2D eigenvalue weighted by atomic mass is 10.00. The summed E-state index contributed by atoms with van der Waals surface area (Å²) in [5, 5.41) is 13.8. The molecule has 2 aromatic rings. The molecule has 0 aliphatic heterocycles. The Morgan fingerprint density at radius 2 is 1.96 bits per heavy atom. The Morgan fingerprint density at radius 3 is 2.60 bits per heavy atom. The summed E-state index contributed by atoms with van der Waals surface area (Å²) in [4.78, 5) is 23.9. The van der Waals surface area contributed by atoms with Crippen molar-refractivity contribution in [1.82, 2.24) is 0 Å². The van der Waals surface area contributed by atoms with Crippen LogP contribution in [0.5, 0.6) is 0 Å². The first-order valence-corrected chi connectivity index (χ1v) is 8.02. The fourth-order valence-electron chi connectivity index (χ4n) is 2.46. The molecule has 1 amide bonds. The van der Waals surface area contributed by atoms with E-state index in [1.54, 1.807) is 19.2 Å². The maximum atomic E-state index is 11.9. The fourth-order valence-corrected chi connectivity index (χ4v) is 2.46. The number of likely N-dealkylation sites (N-methyl/N-ethyl adjacent to an activating group) is 1. The number of carbonyl (C=O) groups is 2. The van der Waals surface area contributed by atoms with Gasteiger partial charge in [0.05, 0.1) is 0 Å². The average Bonchev–Trinajstić information content (AvgIpc) is 2.66. The first-order valence-electron chi connectivity index (χ1n) is 8.02. The molecule has 5 nitrogen and oxygen atoms in total. The molecule has 0 aliphatic carbocycles. The van der Waals surface area contributed by atoms with E-state index in [2.05, 4.69) is 11.9 Å². The molecule has 0 saturated heterocycles. The van der Waals surface area contributed by atoms with Crippen LogP contribution in [0.15, 0.2) is 61.2 Å². The summed E-state index contributed by atoms with van der Waals surface area (Å²) in [5.74, 6) is -0.245. The van der Waals surface area contributed by atoms with E-state index in [0.717, 1.165) is 17.5 Å². The number of amides is 1. The third-order valence-electron chi connectivity index (χ3n) is 3.85. The summed E-state index contributed by atoms with van der Waals surface area (Å²) in [6.07, 6.45) is 1.63. The maximum Gasteiger partial charge on any atom is 0.250 e. The summed E-state index contributed by atoms with van der Waals surface area (Å²) in [6.45, 7) is 3.98. The molecular formula is C20H22N2O3. The summed E-state index contributed by atoms with van der Waals surface area (Å²) in [6, 6.07) is 14.7. The largest absolute Gasteiger partial charge is 0.385 e. The van der Waals surface area contributed by atoms with E-state index < -0.39 is 6.10 Å². The van der Waals surface area contributed by atoms with E-state index >= 15 is 0 Å². The van der Waals surface area contributed by atoms with E-state index in [0.29, 0.717) is 24.2 Å². The molecule has 2 N–H and O–H groups in total. The Morgan fingerprint density at radius 1 is 1.24 bits per heavy atom. The van der Waals surface area contributed by atoms with E-state index in [1.165, 1.54) is 11.0 Å². The number of benzene rings is 2. The summed E-state index contributed by atoms with van der Waals surface area (Å²) >= 11 is 0. The second-order valence-electron chi connectivity index (χ2n) is 5.61. The van der Waals surface area contributed by atoms with Crippen LogP contribution in [0.4, 0.5) is 11.4 Å². The lowest BCUT2D eigenvalue weighted by Crippen LogP contribution is -2.24. The number of carbonyl (C=O) groups excluding carboxylic acids is 2. The molecule has 0 bridgehead atoms. The number of hydrogen-bond acceptors (Lipinski definition) is 4. The van der Waals surface area contributed by atoms with E-state index in [1.807, 2.05) is 36.4 Å². The Hall–Kier alpha value is -2.92. The Balaban J connectivity index is 2.39. The third kappa shape index (κ3) is 4.78. The predicted molar refractivity (Wildman–Crippen MR) is 99.7 cm³/mol. The van der Waals surface area contributed by atoms with Crippen LogP contribution in [0.1, 0.15) is 23.7 Å². The van der Waals surface area contributed by atoms with Gasteiger partial charge in [-0.1, -0.05) is 36.9 Å². The number of nitrogens with one attached hydrogen (secondary N) is 1. The van der Waals surface area contributed by atoms with Gasteiger partial charge in [-0.15, -0.1) is 0 Å². The number of aliphatic hydroxyl groups excluding tert-OH is 1. The smallest absolute Gasteiger partial charge is 0.250 e. The van der Waals surface area contributed by atoms with Crippen LogP contribution in [0.2, 0.25) is 0 Å². The van der Waals surface area contributed by atoms with Gasteiger partial charge in [-0.25, -0.2) is 0 Å². The van der Waals surface area contributed by atoms with Gasteiger partial charge in [0.25, 0.3) is 0 Å². The normalized spacial score (nSPS) is 11.4. The zero-order chi connectivity index (χ0) is 18.2. The zero-order valence-electron chi connectivity index (χ0n) is 14.2. The topological polar surface area (TPSA) is 69.6 Å². The van der Waals surface area contributed by atoms with Gasteiger partial charge in [0, 0.05) is 31.4 Å². The molecule has 130 valence electrons. The Bertz CT molecular complexity index is 744. The molecule has 1 unspecified atom stereocenters. The van der Waals surface area contributed by atoms with Gasteiger partial charge in [0.15, 0.2) is 0 Å². The molecule has 0 fully saturated rings. The minimum Gasteiger partial charge on any atom is -0.385 e. The molecule has 5 heteroatoms. The highest BCUT2D eigenvalue weighted by molar-refractivity contribution is 6.01. The lowest BCUT2D eigenvalue weighted by Gasteiger charge is -2.20. The van der Waals surface area contributed by atoms with Gasteiger partial charge >= 0.3 is 0 Å². The monoisotopic (exact) mass is 338 g/mol. The van der Waals surface area contributed by atoms with Crippen molar-refractivity contribution in [3.8, 4) is 0 Å². The Kier molecular flexibility index (Phi) is 6.48. The summed E-state index contributed by atoms with van der Waals surface area (Å²) in [7, 11) is 1.65. The Labute approximate surface area is 147 Å². The second kappa shape index (κ2) is 8.80. The standard InChI is InChI=1S/C20H22N2O3/c1-3-19(24)22(2)18-13-16(12-17(14-18)21-10-7-11-23)20(25)15-8-5-4-6-9-15/h3-6,8-9,11-14,20-21,25H,1,7,10H2,2H3. The van der Waals surface area contributed by atoms with Gasteiger partial charge in [-0.2, -0.15) is 0 Å². The number of aldehydes is 1. The first-order chi connectivity index (χ1) is 12.1. The zero-order valence-corrected chi connectivity index (χ0v) is 14.2. The van der Waals surface area contributed by atoms with Crippen molar-refractivity contribution in [2.24, 2.45) is 0 Å². The molecular weight excluding hydrogens is 316 g/mol. The summed E-state index contributed by atoms with van der Waals surface area (Å²) < 4.78 is 0. The van der Waals surface area contributed by atoms with Crippen LogP contribution in [-0.4, -0.2) is 30.9 Å². The second-order valence-corrected chi connectivity index (χ2v) is 5.61. The molecule has 1 atom stereocenters. The van der Waals surface area contributed by atoms with Crippen LogP contribution >= 0.6 is 0 Å². The molecule has 25 heavy (non-hydrogen) atoms. The SMILES string of the molecule is C=CC(=O)N(C)c1cc(NCCC=O)cc(C(O)c2ccccc2)c1. The lowest BCUT2D eigenvalue weighted by molar-refractivity contribution is -0.114. The van der Waals surface area contributed by atoms with Gasteiger partial charge in [0.1, 0.15) is 12.4 Å². The molecule has 0 radical (unpaired) electrons. The number of hydrogen-bond donors (Lipinski definition) is 2. The van der Waals surface area contributed by atoms with Gasteiger partial charge in [-0.3, -0.25) is 4.79 Å². The van der Waals surface area contributed by atoms with Crippen molar-refractivity contribution in [2.75, 3.05) is 23.8 Å². The van der Waals surface area contributed by atoms with Crippen LogP contribution < -0.4 is 10.2 Å². The first kappa shape index (κ1) is 18.4. The molecule has 2 rings (SSSR count). The number of aliphatic hydroxyl groups is 1. The molecule has 0 heterocycles. The minimum atomic E-state index is -0.819. The highest BCUT2D eigenvalue weighted by atomic mass is 16.3. The van der Waals surface area contributed by atoms with Crippen LogP contribution in [-0.2, 0) is 9.59 Å². The molecule has 0 aromatic heterocycles. The molecule has 0 spiro atoms. The van der Waals surface area contributed by atoms with Crippen molar-refractivity contribution >= 4 is 23.6 Å². The number of nitrogens with zero attached hydrogens (tertiary/aromatic N) is 1. The van der Waals surface area contributed by atoms with E-state index in [-0.39, 0.29) is 5.91 Å². The van der Waals surface area contributed by atoms with Crippen molar-refractivity contribution < 1.29 is 14.7 Å². The van der Waals surface area contributed by atoms with Crippen molar-refractivity contribution in [1.29, 1.82) is 0 Å². The predicted octanol–water partition coefficient (Wildman–Crippen LogP) is 2.92. The van der Waals surface area contributed by atoms with Gasteiger partial charge < -0.3 is 20.1 Å². The van der Waals surface area contributed by atoms with E-state index in [9.17, 15) is 14.7 Å². The van der Waals surface area contributed by atoms with Crippen LogP contribution in [0.3, 0.4) is 0 Å². The molecule has 2 aromatic carbocycles. The fraction of sp³-hybridized carbons (Fsp3) is 0.200. The third-order valence-corrected chi connectivity index (χ3v) is 3.85. The van der Waals surface area contributed by atoms with Crippen LogP contribution in [0.25, 0.3) is 0 Å².